The molecule has 0 aliphatic carbocycles. The van der Waals surface area contributed by atoms with Gasteiger partial charge >= 0.3 is 0 Å². The number of hydrogen-bond acceptors (Lipinski definition) is 1. The third-order valence-electron chi connectivity index (χ3n) is 3.74. The van der Waals surface area contributed by atoms with E-state index in [2.05, 4.69) is 44.1 Å². The van der Waals surface area contributed by atoms with Crippen LogP contribution in [0.5, 0.6) is 0 Å². The van der Waals surface area contributed by atoms with Crippen molar-refractivity contribution in [2.24, 2.45) is 0 Å². The zero-order chi connectivity index (χ0) is 14.1. The van der Waals surface area contributed by atoms with E-state index in [1.807, 2.05) is 18.2 Å². The van der Waals surface area contributed by atoms with Crippen LogP contribution >= 0.6 is 0 Å². The van der Waals surface area contributed by atoms with Crippen molar-refractivity contribution < 1.29 is 33.3 Å². The normalized spacial score (nSPS) is 26.6. The number of likely N-dealkylation sites (N-methyl/N-ethyl adjacent to an activating group) is 1. The SMILES string of the molecule is C[N+]1(C[Si](C)(C)C)CCNC(=O)C1c1ccccc1.[I-]. The summed E-state index contributed by atoms with van der Waals surface area (Å²) in [4.78, 5) is 12.4. The Morgan fingerprint density at radius 2 is 1.85 bits per heavy atom. The van der Waals surface area contributed by atoms with Crippen molar-refractivity contribution in [3.8, 4) is 0 Å². The van der Waals surface area contributed by atoms with Gasteiger partial charge in [0.25, 0.3) is 5.91 Å². The summed E-state index contributed by atoms with van der Waals surface area (Å²) < 4.78 is 0.853. The van der Waals surface area contributed by atoms with Crippen molar-refractivity contribution in [3.05, 3.63) is 35.9 Å². The van der Waals surface area contributed by atoms with Crippen molar-refractivity contribution in [1.29, 1.82) is 0 Å². The van der Waals surface area contributed by atoms with Gasteiger partial charge in [0.1, 0.15) is 8.07 Å². The second-order valence-electron chi connectivity index (χ2n) is 7.03. The summed E-state index contributed by atoms with van der Waals surface area (Å²) in [5.41, 5.74) is 1.14. The van der Waals surface area contributed by atoms with Gasteiger partial charge < -0.3 is 33.8 Å². The van der Waals surface area contributed by atoms with Crippen LogP contribution in [0.2, 0.25) is 19.6 Å². The first-order valence-corrected chi connectivity index (χ1v) is 10.7. The van der Waals surface area contributed by atoms with E-state index in [4.69, 9.17) is 0 Å². The number of benzene rings is 1. The summed E-state index contributed by atoms with van der Waals surface area (Å²) in [6.45, 7) is 8.96. The quantitative estimate of drug-likeness (QED) is 0.399. The molecule has 20 heavy (non-hydrogen) atoms. The summed E-state index contributed by atoms with van der Waals surface area (Å²) in [6.07, 6.45) is 1.14. The topological polar surface area (TPSA) is 29.1 Å². The maximum absolute atomic E-state index is 12.4. The van der Waals surface area contributed by atoms with E-state index in [1.165, 1.54) is 0 Å². The molecule has 1 saturated heterocycles. The van der Waals surface area contributed by atoms with Gasteiger partial charge in [-0.1, -0.05) is 50.0 Å². The number of halogens is 1. The number of piperazine rings is 1. The Morgan fingerprint density at radius 1 is 1.25 bits per heavy atom. The molecule has 2 rings (SSSR count). The number of quaternary nitrogens is 1. The highest BCUT2D eigenvalue weighted by atomic mass is 127. The number of hydrogen-bond donors (Lipinski definition) is 1. The lowest BCUT2D eigenvalue weighted by atomic mass is 10.0. The molecule has 0 radical (unpaired) electrons. The lowest BCUT2D eigenvalue weighted by molar-refractivity contribution is -0.922. The first-order valence-electron chi connectivity index (χ1n) is 6.99. The van der Waals surface area contributed by atoms with Gasteiger partial charge in [-0.3, -0.25) is 4.79 Å². The molecule has 1 aromatic carbocycles. The number of nitrogens with zero attached hydrogens (tertiary/aromatic N) is 1. The van der Waals surface area contributed by atoms with Gasteiger partial charge in [-0.2, -0.15) is 0 Å². The van der Waals surface area contributed by atoms with Gasteiger partial charge in [0, 0.05) is 5.56 Å². The Balaban J connectivity index is 0.00000200. The molecule has 2 unspecified atom stereocenters. The molecule has 0 spiro atoms. The van der Waals surface area contributed by atoms with Gasteiger partial charge in [-0.15, -0.1) is 0 Å². The van der Waals surface area contributed by atoms with Gasteiger partial charge in [0.15, 0.2) is 6.04 Å². The van der Waals surface area contributed by atoms with Crippen LogP contribution in [0.3, 0.4) is 0 Å². The molecule has 0 aromatic heterocycles. The van der Waals surface area contributed by atoms with Gasteiger partial charge in [-0.05, 0) is 0 Å². The van der Waals surface area contributed by atoms with Crippen LogP contribution in [0.15, 0.2) is 30.3 Å². The number of rotatable bonds is 3. The lowest BCUT2D eigenvalue weighted by Crippen LogP contribution is -3.00. The summed E-state index contributed by atoms with van der Waals surface area (Å²) in [6, 6.07) is 10.2. The zero-order valence-corrected chi connectivity index (χ0v) is 16.0. The highest BCUT2D eigenvalue weighted by molar-refractivity contribution is 6.76. The number of amides is 1. The Kier molecular flexibility index (Phi) is 5.80. The highest BCUT2D eigenvalue weighted by Gasteiger charge is 2.44. The molecule has 1 amide bonds. The molecule has 0 saturated carbocycles. The second kappa shape index (κ2) is 6.57. The molecule has 112 valence electrons. The van der Waals surface area contributed by atoms with E-state index < -0.39 is 8.07 Å². The third-order valence-corrected chi connectivity index (χ3v) is 5.42. The van der Waals surface area contributed by atoms with E-state index in [1.54, 1.807) is 0 Å². The van der Waals surface area contributed by atoms with Crippen LogP contribution in [-0.4, -0.2) is 44.8 Å². The average molecular weight is 404 g/mol. The van der Waals surface area contributed by atoms with E-state index in [9.17, 15) is 4.79 Å². The predicted octanol–water partition coefficient (Wildman–Crippen LogP) is -0.814. The molecule has 1 aromatic rings. The fourth-order valence-corrected chi connectivity index (χ4v) is 5.85. The summed E-state index contributed by atoms with van der Waals surface area (Å²) >= 11 is 0. The molecule has 2 atom stereocenters. The average Bonchev–Trinajstić information content (AvgIpc) is 2.27. The van der Waals surface area contributed by atoms with Crippen molar-refractivity contribution >= 4 is 14.0 Å². The third kappa shape index (κ3) is 4.05. The van der Waals surface area contributed by atoms with E-state index in [0.29, 0.717) is 0 Å². The molecule has 1 aliphatic heterocycles. The highest BCUT2D eigenvalue weighted by Crippen LogP contribution is 2.31. The zero-order valence-electron chi connectivity index (χ0n) is 12.8. The van der Waals surface area contributed by atoms with Crippen LogP contribution in [0, 0.1) is 0 Å². The van der Waals surface area contributed by atoms with Crippen LogP contribution in [-0.2, 0) is 4.79 Å². The van der Waals surface area contributed by atoms with Gasteiger partial charge in [0.05, 0.1) is 26.3 Å². The predicted molar refractivity (Wildman–Crippen MR) is 81.5 cm³/mol. The van der Waals surface area contributed by atoms with Crippen LogP contribution in [0.25, 0.3) is 0 Å². The van der Waals surface area contributed by atoms with E-state index in [0.717, 1.165) is 29.3 Å². The van der Waals surface area contributed by atoms with Crippen LogP contribution in [0.4, 0.5) is 0 Å². The van der Waals surface area contributed by atoms with Crippen LogP contribution < -0.4 is 29.3 Å². The number of carbonyl (C=O) groups is 1. The monoisotopic (exact) mass is 404 g/mol. The summed E-state index contributed by atoms with van der Waals surface area (Å²) in [7, 11) is 1.02. The largest absolute Gasteiger partial charge is 1.00 e. The molecule has 3 nitrogen and oxygen atoms in total. The number of nitrogens with one attached hydrogen (secondary N) is 1. The molecular formula is C15H25IN2OSi. The van der Waals surface area contributed by atoms with Gasteiger partial charge in [-0.25, -0.2) is 0 Å². The minimum atomic E-state index is -1.23. The molecular weight excluding hydrogens is 379 g/mol. The lowest BCUT2D eigenvalue weighted by Gasteiger charge is -2.46. The molecule has 1 heterocycles. The molecule has 1 N–H and O–H groups in total. The molecule has 0 bridgehead atoms. The van der Waals surface area contributed by atoms with E-state index >= 15 is 0 Å². The summed E-state index contributed by atoms with van der Waals surface area (Å²) in [5, 5.41) is 3.03. The second-order valence-corrected chi connectivity index (χ2v) is 12.5. The standard InChI is InChI=1S/C15H24N2OSi.HI/c1-17(12-19(2,3)4)11-10-16-15(18)14(17)13-8-6-5-7-9-13;/h5-9,14H,10-12H2,1-4H3;1H. The molecule has 5 heteroatoms. The smallest absolute Gasteiger partial charge is 0.283 e. The fourth-order valence-electron chi connectivity index (χ4n) is 3.34. The number of carbonyl (C=O) groups excluding carboxylic acids is 1. The van der Waals surface area contributed by atoms with Gasteiger partial charge in [0.2, 0.25) is 0 Å². The minimum Gasteiger partial charge on any atom is -1.00 e. The van der Waals surface area contributed by atoms with Crippen molar-refractivity contribution in [2.45, 2.75) is 25.7 Å². The van der Waals surface area contributed by atoms with Crippen molar-refractivity contribution in [2.75, 3.05) is 26.3 Å². The summed E-state index contributed by atoms with van der Waals surface area (Å²) in [5.74, 6) is 0.179. The molecule has 1 aliphatic rings. The Labute approximate surface area is 140 Å². The Bertz CT molecular complexity index is 461. The minimum absolute atomic E-state index is 0. The Morgan fingerprint density at radius 3 is 2.40 bits per heavy atom. The van der Waals surface area contributed by atoms with E-state index in [-0.39, 0.29) is 35.9 Å². The maximum atomic E-state index is 12.4. The first-order chi connectivity index (χ1) is 8.82. The van der Waals surface area contributed by atoms with Crippen molar-refractivity contribution in [1.82, 2.24) is 5.32 Å². The maximum Gasteiger partial charge on any atom is 0.283 e. The Hall–Kier alpha value is -0.403. The van der Waals surface area contributed by atoms with Crippen molar-refractivity contribution in [3.63, 3.8) is 0 Å². The fraction of sp³-hybridized carbons (Fsp3) is 0.533. The molecule has 1 fully saturated rings. The van der Waals surface area contributed by atoms with Crippen LogP contribution in [0.1, 0.15) is 11.6 Å². The first kappa shape index (κ1) is 17.6.